The van der Waals surface area contributed by atoms with Crippen molar-refractivity contribution in [3.63, 3.8) is 0 Å². The van der Waals surface area contributed by atoms with E-state index in [4.69, 9.17) is 4.42 Å². The van der Waals surface area contributed by atoms with Crippen molar-refractivity contribution >= 4 is 17.0 Å². The SMILES string of the molecule is O=C(CCc1nc2ccccc2o1)NC1CC1. The molecule has 0 spiro atoms. The van der Waals surface area contributed by atoms with Crippen molar-refractivity contribution in [1.29, 1.82) is 0 Å². The number of fused-ring (bicyclic) bond motifs is 1. The minimum Gasteiger partial charge on any atom is -0.441 e. The number of benzene rings is 1. The van der Waals surface area contributed by atoms with E-state index in [9.17, 15) is 4.79 Å². The van der Waals surface area contributed by atoms with Crippen LogP contribution in [0.5, 0.6) is 0 Å². The molecule has 0 bridgehead atoms. The zero-order valence-electron chi connectivity index (χ0n) is 9.48. The van der Waals surface area contributed by atoms with Gasteiger partial charge in [0, 0.05) is 18.9 Å². The van der Waals surface area contributed by atoms with Crippen LogP contribution >= 0.6 is 0 Å². The third-order valence-electron chi connectivity index (χ3n) is 2.85. The fourth-order valence-corrected chi connectivity index (χ4v) is 1.77. The van der Waals surface area contributed by atoms with Crippen molar-refractivity contribution in [1.82, 2.24) is 10.3 Å². The molecule has 1 fully saturated rings. The number of nitrogens with one attached hydrogen (secondary N) is 1. The van der Waals surface area contributed by atoms with Crippen molar-refractivity contribution in [2.45, 2.75) is 31.7 Å². The first-order valence-electron chi connectivity index (χ1n) is 5.95. The molecule has 88 valence electrons. The van der Waals surface area contributed by atoms with Gasteiger partial charge in [0.25, 0.3) is 0 Å². The second-order valence-electron chi connectivity index (χ2n) is 4.42. The van der Waals surface area contributed by atoms with Crippen LogP contribution in [0.25, 0.3) is 11.1 Å². The third kappa shape index (κ3) is 2.46. The van der Waals surface area contributed by atoms with Crippen LogP contribution in [0, 0.1) is 0 Å². The fraction of sp³-hybridized carbons (Fsp3) is 0.385. The highest BCUT2D eigenvalue weighted by Crippen LogP contribution is 2.19. The van der Waals surface area contributed by atoms with Crippen LogP contribution in [0.15, 0.2) is 28.7 Å². The van der Waals surface area contributed by atoms with E-state index in [1.54, 1.807) is 0 Å². The third-order valence-corrected chi connectivity index (χ3v) is 2.85. The van der Waals surface area contributed by atoms with Crippen molar-refractivity contribution < 1.29 is 9.21 Å². The molecular formula is C13H14N2O2. The van der Waals surface area contributed by atoms with Crippen LogP contribution < -0.4 is 5.32 Å². The number of oxazole rings is 1. The lowest BCUT2D eigenvalue weighted by Crippen LogP contribution is -2.25. The molecule has 0 atom stereocenters. The molecule has 17 heavy (non-hydrogen) atoms. The minimum absolute atomic E-state index is 0.0924. The molecule has 1 amide bonds. The quantitative estimate of drug-likeness (QED) is 0.874. The van der Waals surface area contributed by atoms with Crippen molar-refractivity contribution in [3.8, 4) is 0 Å². The Kier molecular flexibility index (Phi) is 2.55. The van der Waals surface area contributed by atoms with E-state index in [0.717, 1.165) is 23.9 Å². The molecule has 0 radical (unpaired) electrons. The van der Waals surface area contributed by atoms with E-state index in [2.05, 4.69) is 10.3 Å². The summed E-state index contributed by atoms with van der Waals surface area (Å²) in [5.74, 6) is 0.729. The molecule has 0 unspecified atom stereocenters. The Labute approximate surface area is 99.0 Å². The van der Waals surface area contributed by atoms with Gasteiger partial charge in [-0.05, 0) is 25.0 Å². The van der Waals surface area contributed by atoms with Crippen LogP contribution in [0.3, 0.4) is 0 Å². The highest BCUT2D eigenvalue weighted by atomic mass is 16.3. The molecule has 1 saturated carbocycles. The van der Waals surface area contributed by atoms with Crippen LogP contribution in [0.1, 0.15) is 25.2 Å². The minimum atomic E-state index is 0.0924. The summed E-state index contributed by atoms with van der Waals surface area (Å²) >= 11 is 0. The van der Waals surface area contributed by atoms with E-state index >= 15 is 0 Å². The van der Waals surface area contributed by atoms with Crippen molar-refractivity contribution in [2.75, 3.05) is 0 Å². The Morgan fingerprint density at radius 3 is 3.00 bits per heavy atom. The van der Waals surface area contributed by atoms with E-state index < -0.39 is 0 Å². The molecular weight excluding hydrogens is 216 g/mol. The summed E-state index contributed by atoms with van der Waals surface area (Å²) in [4.78, 5) is 15.8. The van der Waals surface area contributed by atoms with Gasteiger partial charge < -0.3 is 9.73 Å². The maximum atomic E-state index is 11.5. The summed E-state index contributed by atoms with van der Waals surface area (Å²) < 4.78 is 5.55. The zero-order chi connectivity index (χ0) is 11.7. The normalized spacial score (nSPS) is 15.1. The summed E-state index contributed by atoms with van der Waals surface area (Å²) in [6.45, 7) is 0. The molecule has 1 aliphatic rings. The van der Waals surface area contributed by atoms with Gasteiger partial charge in [0.2, 0.25) is 5.91 Å². The lowest BCUT2D eigenvalue weighted by atomic mass is 10.3. The molecule has 1 aromatic carbocycles. The lowest BCUT2D eigenvalue weighted by molar-refractivity contribution is -0.121. The average Bonchev–Trinajstić information content (AvgIpc) is 3.03. The Hall–Kier alpha value is -1.84. The van der Waals surface area contributed by atoms with Gasteiger partial charge in [-0.3, -0.25) is 4.79 Å². The van der Waals surface area contributed by atoms with Gasteiger partial charge in [-0.15, -0.1) is 0 Å². The van der Waals surface area contributed by atoms with Crippen molar-refractivity contribution in [2.24, 2.45) is 0 Å². The highest BCUT2D eigenvalue weighted by Gasteiger charge is 2.23. The molecule has 0 aliphatic heterocycles. The summed E-state index contributed by atoms with van der Waals surface area (Å²) in [5.41, 5.74) is 1.63. The number of hydrogen-bond acceptors (Lipinski definition) is 3. The number of para-hydroxylation sites is 2. The standard InChI is InChI=1S/C13H14N2O2/c16-12(14-9-5-6-9)7-8-13-15-10-3-1-2-4-11(10)17-13/h1-4,9H,5-8H2,(H,14,16). The van der Waals surface area contributed by atoms with E-state index in [1.807, 2.05) is 24.3 Å². The van der Waals surface area contributed by atoms with E-state index in [-0.39, 0.29) is 5.91 Å². The van der Waals surface area contributed by atoms with Gasteiger partial charge in [0.05, 0.1) is 0 Å². The molecule has 4 nitrogen and oxygen atoms in total. The number of rotatable bonds is 4. The second-order valence-corrected chi connectivity index (χ2v) is 4.42. The molecule has 3 rings (SSSR count). The van der Waals surface area contributed by atoms with E-state index in [1.165, 1.54) is 0 Å². The summed E-state index contributed by atoms with van der Waals surface area (Å²) in [6.07, 6.45) is 3.25. The predicted molar refractivity (Wildman–Crippen MR) is 63.5 cm³/mol. The number of hydrogen-bond donors (Lipinski definition) is 1. The van der Waals surface area contributed by atoms with Gasteiger partial charge in [-0.1, -0.05) is 12.1 Å². The van der Waals surface area contributed by atoms with Gasteiger partial charge in [0.1, 0.15) is 5.52 Å². The molecule has 1 aliphatic carbocycles. The first kappa shape index (κ1) is 10.3. The number of aryl methyl sites for hydroxylation is 1. The topological polar surface area (TPSA) is 55.1 Å². The Morgan fingerprint density at radius 2 is 2.24 bits per heavy atom. The Balaban J connectivity index is 1.61. The molecule has 4 heteroatoms. The van der Waals surface area contributed by atoms with Gasteiger partial charge >= 0.3 is 0 Å². The summed E-state index contributed by atoms with van der Waals surface area (Å²) in [7, 11) is 0. The predicted octanol–water partition coefficient (Wildman–Crippen LogP) is 2.04. The molecule has 2 aromatic rings. The molecule has 1 N–H and O–H groups in total. The molecule has 1 heterocycles. The number of nitrogens with zero attached hydrogens (tertiary/aromatic N) is 1. The van der Waals surface area contributed by atoms with Gasteiger partial charge in [-0.2, -0.15) is 0 Å². The number of aromatic nitrogens is 1. The zero-order valence-corrected chi connectivity index (χ0v) is 9.48. The summed E-state index contributed by atoms with van der Waals surface area (Å²) in [6, 6.07) is 8.06. The van der Waals surface area contributed by atoms with Crippen molar-refractivity contribution in [3.05, 3.63) is 30.2 Å². The first-order chi connectivity index (χ1) is 8.31. The average molecular weight is 230 g/mol. The maximum absolute atomic E-state index is 11.5. The highest BCUT2D eigenvalue weighted by molar-refractivity contribution is 5.77. The smallest absolute Gasteiger partial charge is 0.220 e. The largest absolute Gasteiger partial charge is 0.441 e. The van der Waals surface area contributed by atoms with Crippen LogP contribution in [0.4, 0.5) is 0 Å². The van der Waals surface area contributed by atoms with Gasteiger partial charge in [-0.25, -0.2) is 4.98 Å². The number of amides is 1. The molecule has 1 aromatic heterocycles. The lowest BCUT2D eigenvalue weighted by Gasteiger charge is -2.00. The number of carbonyl (C=O) groups is 1. The monoisotopic (exact) mass is 230 g/mol. The van der Waals surface area contributed by atoms with Crippen LogP contribution in [0.2, 0.25) is 0 Å². The Morgan fingerprint density at radius 1 is 1.41 bits per heavy atom. The second kappa shape index (κ2) is 4.20. The first-order valence-corrected chi connectivity index (χ1v) is 5.95. The van der Waals surface area contributed by atoms with Crippen LogP contribution in [-0.4, -0.2) is 16.9 Å². The number of carbonyl (C=O) groups excluding carboxylic acids is 1. The summed E-state index contributed by atoms with van der Waals surface area (Å²) in [5, 5.41) is 2.95. The maximum Gasteiger partial charge on any atom is 0.220 e. The Bertz CT molecular complexity index is 510. The van der Waals surface area contributed by atoms with Gasteiger partial charge in [0.15, 0.2) is 11.5 Å². The fourth-order valence-electron chi connectivity index (χ4n) is 1.77. The van der Waals surface area contributed by atoms with Crippen LogP contribution in [-0.2, 0) is 11.2 Å². The van der Waals surface area contributed by atoms with E-state index in [0.29, 0.717) is 24.8 Å². The molecule has 0 saturated heterocycles.